The Balaban J connectivity index is 1.78. The molecule has 0 amide bonds. The number of para-hydroxylation sites is 2. The van der Waals surface area contributed by atoms with Crippen molar-refractivity contribution in [2.75, 3.05) is 39.5 Å². The number of hydrogen-bond acceptors (Lipinski definition) is 4. The van der Waals surface area contributed by atoms with Crippen molar-refractivity contribution in [2.45, 2.75) is 19.8 Å². The van der Waals surface area contributed by atoms with Crippen LogP contribution in [0.15, 0.2) is 24.3 Å². The molecule has 1 aliphatic rings. The van der Waals surface area contributed by atoms with Crippen LogP contribution in [-0.4, -0.2) is 49.5 Å². The minimum Gasteiger partial charge on any atom is -0.490 e. The molecule has 0 spiro atoms. The Morgan fingerprint density at radius 3 is 2.70 bits per heavy atom. The fourth-order valence-corrected chi connectivity index (χ4v) is 2.63. The van der Waals surface area contributed by atoms with Crippen LogP contribution >= 0.6 is 0 Å². The number of benzene rings is 1. The van der Waals surface area contributed by atoms with E-state index in [9.17, 15) is 5.11 Å². The normalized spacial score (nSPS) is 19.8. The van der Waals surface area contributed by atoms with E-state index in [-0.39, 0.29) is 0 Å². The summed E-state index contributed by atoms with van der Waals surface area (Å²) < 4.78 is 11.4. The highest BCUT2D eigenvalue weighted by molar-refractivity contribution is 5.39. The van der Waals surface area contributed by atoms with Crippen molar-refractivity contribution in [1.82, 2.24) is 4.90 Å². The maximum absolute atomic E-state index is 9.23. The summed E-state index contributed by atoms with van der Waals surface area (Å²) in [5.41, 5.74) is 0. The zero-order valence-corrected chi connectivity index (χ0v) is 12.3. The van der Waals surface area contributed by atoms with Gasteiger partial charge in [0.15, 0.2) is 11.5 Å². The fourth-order valence-electron chi connectivity index (χ4n) is 2.63. The van der Waals surface area contributed by atoms with E-state index >= 15 is 0 Å². The molecule has 0 radical (unpaired) electrons. The summed E-state index contributed by atoms with van der Waals surface area (Å²) in [4.78, 5) is 2.37. The molecule has 1 unspecified atom stereocenters. The molecule has 1 aromatic rings. The summed E-state index contributed by atoms with van der Waals surface area (Å²) >= 11 is 0. The molecule has 4 heteroatoms. The molecule has 1 heterocycles. The minimum atomic E-state index is 0.296. The van der Waals surface area contributed by atoms with Crippen molar-refractivity contribution in [3.63, 3.8) is 0 Å². The number of piperidine rings is 1. The quantitative estimate of drug-likeness (QED) is 0.830. The van der Waals surface area contributed by atoms with Crippen LogP contribution in [0.5, 0.6) is 11.5 Å². The van der Waals surface area contributed by atoms with Crippen molar-refractivity contribution >= 4 is 0 Å². The van der Waals surface area contributed by atoms with Gasteiger partial charge in [-0.15, -0.1) is 0 Å². The largest absolute Gasteiger partial charge is 0.490 e. The Morgan fingerprint density at radius 2 is 2.00 bits per heavy atom. The molecule has 1 aliphatic heterocycles. The second kappa shape index (κ2) is 8.12. The predicted octanol–water partition coefficient (Wildman–Crippen LogP) is 2.17. The molecule has 0 aliphatic carbocycles. The maximum Gasteiger partial charge on any atom is 0.161 e. The van der Waals surface area contributed by atoms with Crippen LogP contribution in [0.2, 0.25) is 0 Å². The molecule has 1 fully saturated rings. The summed E-state index contributed by atoms with van der Waals surface area (Å²) in [6.07, 6.45) is 2.31. The summed E-state index contributed by atoms with van der Waals surface area (Å²) in [5, 5.41) is 9.23. The Hall–Kier alpha value is -1.26. The fraction of sp³-hybridized carbons (Fsp3) is 0.625. The molecule has 0 saturated carbocycles. The first kappa shape index (κ1) is 15.1. The first-order valence-electron chi connectivity index (χ1n) is 7.51. The van der Waals surface area contributed by atoms with E-state index < -0.39 is 0 Å². The van der Waals surface area contributed by atoms with Crippen molar-refractivity contribution in [3.05, 3.63) is 24.3 Å². The number of likely N-dealkylation sites (tertiary alicyclic amines) is 1. The molecule has 1 saturated heterocycles. The van der Waals surface area contributed by atoms with E-state index in [2.05, 4.69) is 4.90 Å². The smallest absolute Gasteiger partial charge is 0.161 e. The highest BCUT2D eigenvalue weighted by atomic mass is 16.5. The number of rotatable bonds is 7. The maximum atomic E-state index is 9.23. The monoisotopic (exact) mass is 279 g/mol. The summed E-state index contributed by atoms with van der Waals surface area (Å²) in [5.74, 6) is 2.05. The van der Waals surface area contributed by atoms with Crippen LogP contribution in [0.1, 0.15) is 19.8 Å². The van der Waals surface area contributed by atoms with Gasteiger partial charge in [-0.25, -0.2) is 0 Å². The predicted molar refractivity (Wildman–Crippen MR) is 79.4 cm³/mol. The molecular weight excluding hydrogens is 254 g/mol. The van der Waals surface area contributed by atoms with Crippen LogP contribution in [0.25, 0.3) is 0 Å². The van der Waals surface area contributed by atoms with E-state index in [0.717, 1.165) is 37.6 Å². The topological polar surface area (TPSA) is 41.9 Å². The number of aliphatic hydroxyl groups is 1. The van der Waals surface area contributed by atoms with E-state index in [1.807, 2.05) is 31.2 Å². The molecule has 4 nitrogen and oxygen atoms in total. The molecule has 112 valence electrons. The summed E-state index contributed by atoms with van der Waals surface area (Å²) in [6.45, 7) is 6.55. The van der Waals surface area contributed by atoms with Crippen LogP contribution in [-0.2, 0) is 0 Å². The van der Waals surface area contributed by atoms with Crippen molar-refractivity contribution < 1.29 is 14.6 Å². The van der Waals surface area contributed by atoms with Gasteiger partial charge < -0.3 is 14.6 Å². The molecule has 0 bridgehead atoms. The van der Waals surface area contributed by atoms with Crippen molar-refractivity contribution in [3.8, 4) is 11.5 Å². The lowest BCUT2D eigenvalue weighted by Crippen LogP contribution is -2.39. The van der Waals surface area contributed by atoms with E-state index in [1.165, 1.54) is 6.42 Å². The molecule has 1 atom stereocenters. The Labute approximate surface area is 121 Å². The summed E-state index contributed by atoms with van der Waals surface area (Å²) in [7, 11) is 0. The highest BCUT2D eigenvalue weighted by Crippen LogP contribution is 2.26. The first-order chi connectivity index (χ1) is 9.83. The molecule has 20 heavy (non-hydrogen) atoms. The molecule has 1 N–H and O–H groups in total. The third-order valence-electron chi connectivity index (χ3n) is 3.68. The lowest BCUT2D eigenvalue weighted by Gasteiger charge is -2.31. The third kappa shape index (κ3) is 4.39. The van der Waals surface area contributed by atoms with Gasteiger partial charge in [-0.3, -0.25) is 4.90 Å². The van der Waals surface area contributed by atoms with Crippen molar-refractivity contribution in [1.29, 1.82) is 0 Å². The zero-order valence-electron chi connectivity index (χ0n) is 12.3. The minimum absolute atomic E-state index is 0.296. The average molecular weight is 279 g/mol. The van der Waals surface area contributed by atoms with Gasteiger partial charge >= 0.3 is 0 Å². The highest BCUT2D eigenvalue weighted by Gasteiger charge is 2.18. The number of ether oxygens (including phenoxy) is 2. The second-order valence-corrected chi connectivity index (χ2v) is 5.22. The van der Waals surface area contributed by atoms with Crippen LogP contribution in [0, 0.1) is 5.92 Å². The van der Waals surface area contributed by atoms with Gasteiger partial charge in [0.25, 0.3) is 0 Å². The second-order valence-electron chi connectivity index (χ2n) is 5.22. The Kier molecular flexibility index (Phi) is 6.15. The zero-order chi connectivity index (χ0) is 14.2. The van der Waals surface area contributed by atoms with Crippen LogP contribution in [0.3, 0.4) is 0 Å². The standard InChI is InChI=1S/C16H25NO3/c1-2-19-15-7-3-4-8-16(15)20-11-10-17-9-5-6-14(12-17)13-18/h3-4,7-8,14,18H,2,5-6,9-13H2,1H3. The van der Waals surface area contributed by atoms with E-state index in [1.54, 1.807) is 0 Å². The SMILES string of the molecule is CCOc1ccccc1OCCN1CCCC(CO)C1. The number of aliphatic hydroxyl groups excluding tert-OH is 1. The van der Waals surface area contributed by atoms with Gasteiger partial charge in [-0.1, -0.05) is 12.1 Å². The number of nitrogens with zero attached hydrogens (tertiary/aromatic N) is 1. The third-order valence-corrected chi connectivity index (χ3v) is 3.68. The lowest BCUT2D eigenvalue weighted by molar-refractivity contribution is 0.107. The average Bonchev–Trinajstić information content (AvgIpc) is 2.49. The molecule has 0 aromatic heterocycles. The van der Waals surface area contributed by atoms with Crippen LogP contribution in [0.4, 0.5) is 0 Å². The van der Waals surface area contributed by atoms with Gasteiger partial charge in [0.1, 0.15) is 6.61 Å². The van der Waals surface area contributed by atoms with E-state index in [4.69, 9.17) is 9.47 Å². The Morgan fingerprint density at radius 1 is 1.25 bits per heavy atom. The van der Waals surface area contributed by atoms with Gasteiger partial charge in [-0.05, 0) is 44.4 Å². The van der Waals surface area contributed by atoms with Gasteiger partial charge in [0.2, 0.25) is 0 Å². The first-order valence-corrected chi connectivity index (χ1v) is 7.51. The molecule has 2 rings (SSSR count). The van der Waals surface area contributed by atoms with Gasteiger partial charge in [0.05, 0.1) is 6.61 Å². The Bertz CT molecular complexity index is 397. The molecular formula is C16H25NO3. The van der Waals surface area contributed by atoms with Crippen molar-refractivity contribution in [2.24, 2.45) is 5.92 Å². The lowest BCUT2D eigenvalue weighted by atomic mass is 9.99. The van der Waals surface area contributed by atoms with Gasteiger partial charge in [-0.2, -0.15) is 0 Å². The van der Waals surface area contributed by atoms with E-state index in [0.29, 0.717) is 25.7 Å². The summed E-state index contributed by atoms with van der Waals surface area (Å²) in [6, 6.07) is 7.79. The van der Waals surface area contributed by atoms with Gasteiger partial charge in [0, 0.05) is 19.7 Å². The number of hydrogen-bond donors (Lipinski definition) is 1. The van der Waals surface area contributed by atoms with Crippen LogP contribution < -0.4 is 9.47 Å². The molecule has 1 aromatic carbocycles.